The van der Waals surface area contributed by atoms with Crippen molar-refractivity contribution < 1.29 is 18.8 Å². The van der Waals surface area contributed by atoms with Gasteiger partial charge in [0.1, 0.15) is 24.7 Å². The number of hydrogen-bond donors (Lipinski definition) is 3. The topological polar surface area (TPSA) is 88.5 Å². The Kier molecular flexibility index (Phi) is 7.41. The number of H-pyrrole nitrogens is 1. The van der Waals surface area contributed by atoms with E-state index in [1.165, 1.54) is 28.8 Å². The summed E-state index contributed by atoms with van der Waals surface area (Å²) in [5, 5.41) is 3.28. The van der Waals surface area contributed by atoms with Crippen LogP contribution in [0.4, 0.5) is 10.1 Å². The molecule has 7 nitrogen and oxygen atoms in total. The SMILES string of the molecule is CCOc1ccc(NC(=O)CSc2nc3c(c(=O)[nH]2)C[NH+](Cc2ccc(F)cc2)CC3)cc1. The molecule has 0 aliphatic carbocycles. The molecule has 172 valence electrons. The number of thioether (sulfide) groups is 1. The lowest BCUT2D eigenvalue weighted by atomic mass is 10.1. The Labute approximate surface area is 195 Å². The number of aromatic nitrogens is 2. The summed E-state index contributed by atoms with van der Waals surface area (Å²) in [6, 6.07) is 13.6. The van der Waals surface area contributed by atoms with Gasteiger partial charge in [0.25, 0.3) is 5.56 Å². The van der Waals surface area contributed by atoms with Crippen LogP contribution < -0.4 is 20.5 Å². The van der Waals surface area contributed by atoms with Crippen LogP contribution in [0.1, 0.15) is 23.7 Å². The highest BCUT2D eigenvalue weighted by Gasteiger charge is 2.24. The molecule has 0 spiro atoms. The van der Waals surface area contributed by atoms with Crippen molar-refractivity contribution in [2.75, 3.05) is 24.2 Å². The molecule has 1 aliphatic heterocycles. The molecule has 2 aromatic carbocycles. The summed E-state index contributed by atoms with van der Waals surface area (Å²) in [5.74, 6) is 0.450. The first-order chi connectivity index (χ1) is 16.0. The van der Waals surface area contributed by atoms with Crippen molar-refractivity contribution in [3.05, 3.63) is 81.5 Å². The zero-order valence-electron chi connectivity index (χ0n) is 18.3. The molecule has 9 heteroatoms. The Balaban J connectivity index is 1.33. The van der Waals surface area contributed by atoms with E-state index in [9.17, 15) is 14.0 Å². The molecular formula is C24H26FN4O3S+. The molecule has 0 saturated heterocycles. The average Bonchev–Trinajstić information content (AvgIpc) is 2.81. The number of halogens is 1. The van der Waals surface area contributed by atoms with Gasteiger partial charge in [0.05, 0.1) is 30.2 Å². The molecule has 1 amide bonds. The summed E-state index contributed by atoms with van der Waals surface area (Å²) in [4.78, 5) is 33.6. The van der Waals surface area contributed by atoms with E-state index in [1.54, 1.807) is 36.4 Å². The van der Waals surface area contributed by atoms with Crippen molar-refractivity contribution in [2.24, 2.45) is 0 Å². The molecule has 0 fully saturated rings. The summed E-state index contributed by atoms with van der Waals surface area (Å²) in [5.41, 5.74) is 3.02. The number of ether oxygens (including phenoxy) is 1. The van der Waals surface area contributed by atoms with Gasteiger partial charge in [0, 0.05) is 17.7 Å². The van der Waals surface area contributed by atoms with Gasteiger partial charge in [0.15, 0.2) is 5.16 Å². The number of quaternary nitrogens is 1. The van der Waals surface area contributed by atoms with E-state index in [-0.39, 0.29) is 23.0 Å². The van der Waals surface area contributed by atoms with Crippen molar-refractivity contribution in [3.8, 4) is 5.75 Å². The molecule has 3 N–H and O–H groups in total. The highest BCUT2D eigenvalue weighted by molar-refractivity contribution is 7.99. The first-order valence-corrected chi connectivity index (χ1v) is 11.8. The fourth-order valence-corrected chi connectivity index (χ4v) is 4.47. The summed E-state index contributed by atoms with van der Waals surface area (Å²) < 4.78 is 18.5. The Morgan fingerprint density at radius 1 is 1.21 bits per heavy atom. The fourth-order valence-electron chi connectivity index (χ4n) is 3.79. The van der Waals surface area contributed by atoms with Crippen LogP contribution in [-0.2, 0) is 24.3 Å². The number of hydrogen-bond acceptors (Lipinski definition) is 5. The highest BCUT2D eigenvalue weighted by atomic mass is 32.2. The van der Waals surface area contributed by atoms with Gasteiger partial charge < -0.3 is 19.9 Å². The van der Waals surface area contributed by atoms with Crippen molar-refractivity contribution >= 4 is 23.4 Å². The zero-order chi connectivity index (χ0) is 23.2. The first kappa shape index (κ1) is 23.0. The molecule has 2 heterocycles. The molecular weight excluding hydrogens is 443 g/mol. The molecule has 3 aromatic rings. The summed E-state index contributed by atoms with van der Waals surface area (Å²) in [6.45, 7) is 4.63. The van der Waals surface area contributed by atoms with E-state index < -0.39 is 0 Å². The van der Waals surface area contributed by atoms with Crippen LogP contribution in [0.3, 0.4) is 0 Å². The minimum absolute atomic E-state index is 0.136. The highest BCUT2D eigenvalue weighted by Crippen LogP contribution is 2.18. The van der Waals surface area contributed by atoms with Crippen molar-refractivity contribution in [3.63, 3.8) is 0 Å². The summed E-state index contributed by atoms with van der Waals surface area (Å²) in [6.07, 6.45) is 0.682. The fraction of sp³-hybridized carbons (Fsp3) is 0.292. The van der Waals surface area contributed by atoms with Gasteiger partial charge in [-0.3, -0.25) is 9.59 Å². The molecule has 1 aromatic heterocycles. The number of anilines is 1. The van der Waals surface area contributed by atoms with Crippen molar-refractivity contribution in [1.29, 1.82) is 0 Å². The number of rotatable bonds is 8. The van der Waals surface area contributed by atoms with E-state index in [4.69, 9.17) is 4.74 Å². The molecule has 0 saturated carbocycles. The van der Waals surface area contributed by atoms with Crippen LogP contribution in [0.5, 0.6) is 5.75 Å². The second-order valence-corrected chi connectivity index (χ2v) is 8.78. The zero-order valence-corrected chi connectivity index (χ0v) is 19.1. The standard InChI is InChI=1S/C24H25FN4O3S/c1-2-32-19-9-7-18(8-10-19)26-22(30)15-33-24-27-21-11-12-29(14-20(21)23(31)28-24)13-16-3-5-17(25)6-4-16/h3-10H,2,11-15H2,1H3,(H,26,30)(H,27,28,31)/p+1. The molecule has 0 bridgehead atoms. The van der Waals surface area contributed by atoms with Crippen molar-refractivity contribution in [1.82, 2.24) is 9.97 Å². The van der Waals surface area contributed by atoms with Gasteiger partial charge in [0.2, 0.25) is 5.91 Å². The maximum atomic E-state index is 13.1. The molecule has 1 aliphatic rings. The third kappa shape index (κ3) is 6.21. The summed E-state index contributed by atoms with van der Waals surface area (Å²) in [7, 11) is 0. The minimum atomic E-state index is -0.253. The Hall–Kier alpha value is -3.17. The predicted octanol–water partition coefficient (Wildman–Crippen LogP) is 2.18. The lowest BCUT2D eigenvalue weighted by molar-refractivity contribution is -0.929. The van der Waals surface area contributed by atoms with Crippen LogP contribution >= 0.6 is 11.8 Å². The second-order valence-electron chi connectivity index (χ2n) is 7.82. The minimum Gasteiger partial charge on any atom is -0.494 e. The third-order valence-electron chi connectivity index (χ3n) is 5.38. The molecule has 1 unspecified atom stereocenters. The Morgan fingerprint density at radius 3 is 2.70 bits per heavy atom. The number of nitrogens with one attached hydrogen (secondary N) is 3. The van der Waals surface area contributed by atoms with Gasteiger partial charge in [-0.2, -0.15) is 0 Å². The van der Waals surface area contributed by atoms with E-state index in [2.05, 4.69) is 15.3 Å². The van der Waals surface area contributed by atoms with Gasteiger partial charge >= 0.3 is 0 Å². The molecule has 33 heavy (non-hydrogen) atoms. The first-order valence-electron chi connectivity index (χ1n) is 10.9. The second kappa shape index (κ2) is 10.6. The molecule has 1 atom stereocenters. The van der Waals surface area contributed by atoms with E-state index in [0.717, 1.165) is 30.1 Å². The largest absolute Gasteiger partial charge is 0.494 e. The third-order valence-corrected chi connectivity index (χ3v) is 6.25. The van der Waals surface area contributed by atoms with Gasteiger partial charge in [-0.1, -0.05) is 23.9 Å². The van der Waals surface area contributed by atoms with E-state index in [1.807, 2.05) is 6.92 Å². The van der Waals surface area contributed by atoms with Crippen LogP contribution in [0, 0.1) is 5.82 Å². The van der Waals surface area contributed by atoms with E-state index in [0.29, 0.717) is 36.0 Å². The number of nitrogens with zero attached hydrogens (tertiary/aromatic N) is 1. The van der Waals surface area contributed by atoms with Crippen LogP contribution in [0.15, 0.2) is 58.5 Å². The van der Waals surface area contributed by atoms with Crippen LogP contribution in [0.2, 0.25) is 0 Å². The smallest absolute Gasteiger partial charge is 0.260 e. The monoisotopic (exact) mass is 469 g/mol. The van der Waals surface area contributed by atoms with Gasteiger partial charge in [-0.15, -0.1) is 0 Å². The number of amides is 1. The maximum absolute atomic E-state index is 13.1. The Bertz CT molecular complexity index is 1170. The van der Waals surface area contributed by atoms with E-state index >= 15 is 0 Å². The average molecular weight is 470 g/mol. The van der Waals surface area contributed by atoms with Gasteiger partial charge in [-0.05, 0) is 43.3 Å². The van der Waals surface area contributed by atoms with Crippen molar-refractivity contribution in [2.45, 2.75) is 31.6 Å². The summed E-state index contributed by atoms with van der Waals surface area (Å²) >= 11 is 1.21. The predicted molar refractivity (Wildman–Crippen MR) is 125 cm³/mol. The Morgan fingerprint density at radius 2 is 1.97 bits per heavy atom. The quantitative estimate of drug-likeness (QED) is 0.348. The lowest BCUT2D eigenvalue weighted by Crippen LogP contribution is -3.10. The number of carbonyl (C=O) groups excluding carboxylic acids is 1. The normalized spacial score (nSPS) is 15.0. The van der Waals surface area contributed by atoms with Crippen LogP contribution in [0.25, 0.3) is 0 Å². The number of aromatic amines is 1. The number of carbonyl (C=O) groups is 1. The maximum Gasteiger partial charge on any atom is 0.260 e. The number of benzene rings is 2. The molecule has 4 rings (SSSR count). The number of fused-ring (bicyclic) bond motifs is 1. The van der Waals surface area contributed by atoms with Crippen LogP contribution in [-0.4, -0.2) is 34.8 Å². The van der Waals surface area contributed by atoms with Gasteiger partial charge in [-0.25, -0.2) is 9.37 Å². The lowest BCUT2D eigenvalue weighted by Gasteiger charge is -2.25. The molecule has 0 radical (unpaired) electrons.